The van der Waals surface area contributed by atoms with E-state index in [9.17, 15) is 19.2 Å². The SMILES string of the molecule is Cc1c(NC(=O)c2ccccc2SC2CC(=O)N(c3ccccc3)C2=O)c(=O)n(-c2ccccc2)n1C. The van der Waals surface area contributed by atoms with Crippen molar-refractivity contribution in [2.45, 2.75) is 23.5 Å². The highest BCUT2D eigenvalue weighted by Gasteiger charge is 2.40. The highest BCUT2D eigenvalue weighted by Crippen LogP contribution is 2.35. The van der Waals surface area contributed by atoms with E-state index >= 15 is 0 Å². The molecule has 1 aliphatic heterocycles. The lowest BCUT2D eigenvalue weighted by molar-refractivity contribution is -0.121. The summed E-state index contributed by atoms with van der Waals surface area (Å²) >= 11 is 1.18. The Hall–Kier alpha value is -4.37. The molecule has 1 aliphatic rings. The van der Waals surface area contributed by atoms with Crippen LogP contribution in [0.3, 0.4) is 0 Å². The molecule has 1 aromatic heterocycles. The molecule has 3 amide bonds. The highest BCUT2D eigenvalue weighted by atomic mass is 32.2. The van der Waals surface area contributed by atoms with Crippen LogP contribution in [0, 0.1) is 6.92 Å². The summed E-state index contributed by atoms with van der Waals surface area (Å²) in [5, 5.41) is 2.12. The number of rotatable bonds is 6. The molecule has 2 heterocycles. The Kier molecular flexibility index (Phi) is 6.54. The lowest BCUT2D eigenvalue weighted by atomic mass is 10.2. The number of hydrogen-bond acceptors (Lipinski definition) is 5. The molecule has 186 valence electrons. The molecule has 1 fully saturated rings. The first kappa shape index (κ1) is 24.3. The first-order chi connectivity index (χ1) is 17.9. The van der Waals surface area contributed by atoms with E-state index in [1.165, 1.54) is 21.3 Å². The molecular weight excluding hydrogens is 488 g/mol. The Morgan fingerprint density at radius 3 is 2.14 bits per heavy atom. The summed E-state index contributed by atoms with van der Waals surface area (Å²) in [5.41, 5.74) is 1.96. The maximum atomic E-state index is 13.4. The second kappa shape index (κ2) is 9.94. The van der Waals surface area contributed by atoms with Crippen LogP contribution in [-0.4, -0.2) is 32.3 Å². The van der Waals surface area contributed by atoms with Crippen LogP contribution in [0.1, 0.15) is 22.5 Å². The van der Waals surface area contributed by atoms with Crippen LogP contribution in [-0.2, 0) is 16.6 Å². The van der Waals surface area contributed by atoms with Crippen LogP contribution < -0.4 is 15.8 Å². The maximum absolute atomic E-state index is 13.4. The van der Waals surface area contributed by atoms with Gasteiger partial charge in [0.15, 0.2) is 0 Å². The second-order valence-corrected chi connectivity index (χ2v) is 9.84. The summed E-state index contributed by atoms with van der Waals surface area (Å²) in [5.74, 6) is -1.07. The van der Waals surface area contributed by atoms with Gasteiger partial charge in [-0.25, -0.2) is 9.58 Å². The number of nitrogens with one attached hydrogen (secondary N) is 1. The first-order valence-electron chi connectivity index (χ1n) is 11.7. The monoisotopic (exact) mass is 512 g/mol. The number of imide groups is 1. The molecule has 3 aromatic carbocycles. The topological polar surface area (TPSA) is 93.4 Å². The van der Waals surface area contributed by atoms with Gasteiger partial charge in [-0.3, -0.25) is 23.9 Å². The van der Waals surface area contributed by atoms with Crippen molar-refractivity contribution in [3.8, 4) is 5.69 Å². The number of thioether (sulfide) groups is 1. The maximum Gasteiger partial charge on any atom is 0.295 e. The number of nitrogens with zero attached hydrogens (tertiary/aromatic N) is 3. The zero-order chi connectivity index (χ0) is 26.1. The van der Waals surface area contributed by atoms with E-state index < -0.39 is 11.2 Å². The van der Waals surface area contributed by atoms with Gasteiger partial charge in [0.1, 0.15) is 5.69 Å². The second-order valence-electron chi connectivity index (χ2n) is 8.60. The third-order valence-electron chi connectivity index (χ3n) is 6.31. The average Bonchev–Trinajstić information content (AvgIpc) is 3.31. The molecule has 0 aliphatic carbocycles. The van der Waals surface area contributed by atoms with Crippen molar-refractivity contribution < 1.29 is 14.4 Å². The number of carbonyl (C=O) groups excluding carboxylic acids is 3. The number of anilines is 2. The molecule has 0 radical (unpaired) electrons. The van der Waals surface area contributed by atoms with Crippen molar-refractivity contribution in [1.29, 1.82) is 0 Å². The van der Waals surface area contributed by atoms with Gasteiger partial charge in [0.2, 0.25) is 11.8 Å². The Morgan fingerprint density at radius 2 is 1.46 bits per heavy atom. The zero-order valence-corrected chi connectivity index (χ0v) is 21.1. The minimum Gasteiger partial charge on any atom is -0.316 e. The van der Waals surface area contributed by atoms with E-state index in [0.29, 0.717) is 27.5 Å². The van der Waals surface area contributed by atoms with Gasteiger partial charge in [-0.1, -0.05) is 48.5 Å². The van der Waals surface area contributed by atoms with Crippen LogP contribution in [0.15, 0.2) is 94.6 Å². The number of hydrogen-bond donors (Lipinski definition) is 1. The van der Waals surface area contributed by atoms with Crippen LogP contribution in [0.4, 0.5) is 11.4 Å². The van der Waals surface area contributed by atoms with Gasteiger partial charge >= 0.3 is 0 Å². The number of amides is 3. The first-order valence-corrected chi connectivity index (χ1v) is 12.6. The van der Waals surface area contributed by atoms with Crippen molar-refractivity contribution in [2.24, 2.45) is 7.05 Å². The Balaban J connectivity index is 1.40. The summed E-state index contributed by atoms with van der Waals surface area (Å²) in [6.07, 6.45) is 0.0356. The van der Waals surface area contributed by atoms with Crippen molar-refractivity contribution in [3.63, 3.8) is 0 Å². The van der Waals surface area contributed by atoms with Gasteiger partial charge in [-0.05, 0) is 43.3 Å². The molecule has 1 saturated heterocycles. The molecule has 8 nitrogen and oxygen atoms in total. The fourth-order valence-corrected chi connectivity index (χ4v) is 5.53. The Morgan fingerprint density at radius 1 is 0.865 bits per heavy atom. The number of benzene rings is 3. The standard InChI is InChI=1S/C28H24N4O4S/c1-18-25(28(36)32(30(18)2)20-13-7-4-8-14-20)29-26(34)21-15-9-10-16-22(21)37-23-17-24(33)31(27(23)35)19-11-5-3-6-12-19/h3-16,23H,17H2,1-2H3,(H,29,34). The summed E-state index contributed by atoms with van der Waals surface area (Å²) in [6.45, 7) is 1.76. The quantitative estimate of drug-likeness (QED) is 0.392. The van der Waals surface area contributed by atoms with Crippen LogP contribution >= 0.6 is 11.8 Å². The van der Waals surface area contributed by atoms with Crippen LogP contribution in [0.2, 0.25) is 0 Å². The van der Waals surface area contributed by atoms with Gasteiger partial charge in [-0.2, -0.15) is 0 Å². The van der Waals surface area contributed by atoms with Gasteiger partial charge in [0.25, 0.3) is 11.5 Å². The minimum absolute atomic E-state index is 0.0356. The molecule has 4 aromatic rings. The van der Waals surface area contributed by atoms with Gasteiger partial charge in [0.05, 0.1) is 27.9 Å². The molecule has 0 saturated carbocycles. The zero-order valence-electron chi connectivity index (χ0n) is 20.3. The fraction of sp³-hybridized carbons (Fsp3) is 0.143. The molecule has 9 heteroatoms. The molecule has 37 heavy (non-hydrogen) atoms. The summed E-state index contributed by atoms with van der Waals surface area (Å²) < 4.78 is 3.18. The number of aromatic nitrogens is 2. The largest absolute Gasteiger partial charge is 0.316 e. The lowest BCUT2D eigenvalue weighted by Gasteiger charge is -2.15. The molecule has 0 bridgehead atoms. The summed E-state index contributed by atoms with van der Waals surface area (Å²) in [7, 11) is 1.75. The van der Waals surface area contributed by atoms with Crippen LogP contribution in [0.25, 0.3) is 5.69 Å². The van der Waals surface area contributed by atoms with Gasteiger partial charge in [0, 0.05) is 18.4 Å². The Bertz CT molecular complexity index is 1560. The van der Waals surface area contributed by atoms with E-state index in [0.717, 1.165) is 0 Å². The van der Waals surface area contributed by atoms with E-state index in [2.05, 4.69) is 5.32 Å². The van der Waals surface area contributed by atoms with Crippen molar-refractivity contribution >= 4 is 40.9 Å². The lowest BCUT2D eigenvalue weighted by Crippen LogP contribution is -2.31. The van der Waals surface area contributed by atoms with Crippen molar-refractivity contribution in [3.05, 3.63) is 107 Å². The van der Waals surface area contributed by atoms with Crippen molar-refractivity contribution in [2.75, 3.05) is 10.2 Å². The number of carbonyl (C=O) groups is 3. The number of para-hydroxylation sites is 2. The van der Waals surface area contributed by atoms with E-state index in [1.807, 2.05) is 36.4 Å². The fourth-order valence-electron chi connectivity index (χ4n) is 4.35. The molecular formula is C28H24N4O4S. The van der Waals surface area contributed by atoms with E-state index in [1.54, 1.807) is 67.2 Å². The van der Waals surface area contributed by atoms with E-state index in [-0.39, 0.29) is 29.5 Å². The van der Waals surface area contributed by atoms with Gasteiger partial charge < -0.3 is 5.32 Å². The van der Waals surface area contributed by atoms with E-state index in [4.69, 9.17) is 0 Å². The van der Waals surface area contributed by atoms with Crippen LogP contribution in [0.5, 0.6) is 0 Å². The average molecular weight is 513 g/mol. The predicted octanol–water partition coefficient (Wildman–Crippen LogP) is 4.16. The Labute approximate surface area is 217 Å². The normalized spacial score (nSPS) is 15.3. The molecule has 5 rings (SSSR count). The minimum atomic E-state index is -0.657. The third kappa shape index (κ3) is 4.49. The van der Waals surface area contributed by atoms with Gasteiger partial charge in [-0.15, -0.1) is 11.8 Å². The van der Waals surface area contributed by atoms with Crippen molar-refractivity contribution in [1.82, 2.24) is 9.36 Å². The molecule has 0 spiro atoms. The summed E-state index contributed by atoms with van der Waals surface area (Å²) in [4.78, 5) is 54.1. The summed E-state index contributed by atoms with van der Waals surface area (Å²) in [6, 6.07) is 24.8. The molecule has 1 N–H and O–H groups in total. The highest BCUT2D eigenvalue weighted by molar-refractivity contribution is 8.00. The molecule has 1 atom stereocenters. The smallest absolute Gasteiger partial charge is 0.295 e. The predicted molar refractivity (Wildman–Crippen MR) is 143 cm³/mol. The molecule has 1 unspecified atom stereocenters. The third-order valence-corrected chi connectivity index (χ3v) is 7.58.